The average molecular weight is 409 g/mol. The van der Waals surface area contributed by atoms with Crippen LogP contribution in [0.1, 0.15) is 157 Å². The second-order valence-electron chi connectivity index (χ2n) is 11.7. The molecule has 29 heavy (non-hydrogen) atoms. The normalized spacial score (nSPS) is 16.4. The predicted octanol–water partition coefficient (Wildman–Crippen LogP) is 9.87. The van der Waals surface area contributed by atoms with Gasteiger partial charge in [0, 0.05) is 0 Å². The molecule has 0 aromatic carbocycles. The topological polar surface area (TPSA) is 9.23 Å². The van der Waals surface area contributed by atoms with Crippen LogP contribution in [0.2, 0.25) is 0 Å². The summed E-state index contributed by atoms with van der Waals surface area (Å²) in [6.45, 7) is 13.1. The lowest BCUT2D eigenvalue weighted by Gasteiger charge is -2.31. The molecule has 0 amide bonds. The first-order valence-electron chi connectivity index (χ1n) is 13.5. The quantitative estimate of drug-likeness (QED) is 0.205. The minimum absolute atomic E-state index is 0.338. The maximum absolute atomic E-state index is 6.27. The van der Waals surface area contributed by atoms with E-state index in [1.807, 2.05) is 0 Å². The first-order chi connectivity index (χ1) is 13.8. The van der Waals surface area contributed by atoms with Crippen LogP contribution in [0.15, 0.2) is 0 Å². The Bertz CT molecular complexity index is 365. The molecule has 174 valence electrons. The van der Waals surface area contributed by atoms with Crippen molar-refractivity contribution in [2.24, 2.45) is 10.8 Å². The van der Waals surface area contributed by atoms with E-state index in [1.54, 1.807) is 0 Å². The largest absolute Gasteiger partial charge is 0.378 e. The van der Waals surface area contributed by atoms with E-state index < -0.39 is 0 Å². The molecule has 1 nitrogen and oxygen atoms in total. The highest BCUT2D eigenvalue weighted by atomic mass is 16.5. The van der Waals surface area contributed by atoms with E-state index in [1.165, 1.54) is 122 Å². The molecule has 1 aliphatic rings. The van der Waals surface area contributed by atoms with Crippen LogP contribution < -0.4 is 0 Å². The molecule has 0 aromatic heterocycles. The van der Waals surface area contributed by atoms with Gasteiger partial charge in [-0.25, -0.2) is 0 Å². The predicted molar refractivity (Wildman–Crippen MR) is 131 cm³/mol. The van der Waals surface area contributed by atoms with E-state index in [0.717, 1.165) is 6.61 Å². The first-order valence-corrected chi connectivity index (χ1v) is 13.5. The molecule has 0 aliphatic heterocycles. The van der Waals surface area contributed by atoms with Crippen molar-refractivity contribution in [2.75, 3.05) is 6.61 Å². The smallest absolute Gasteiger partial charge is 0.0575 e. The van der Waals surface area contributed by atoms with Crippen molar-refractivity contribution in [1.29, 1.82) is 0 Å². The SMILES string of the molecule is CCCCCCCCCCCCC(C)(C)CCCC(C)(C)COC1CCCCC1. The van der Waals surface area contributed by atoms with Gasteiger partial charge in [-0.05, 0) is 42.9 Å². The molecule has 0 atom stereocenters. The van der Waals surface area contributed by atoms with Gasteiger partial charge < -0.3 is 4.74 Å². The zero-order valence-electron chi connectivity index (χ0n) is 21.1. The molecule has 1 rings (SSSR count). The molecule has 0 spiro atoms. The van der Waals surface area contributed by atoms with Gasteiger partial charge in [0.2, 0.25) is 0 Å². The molecular formula is C28H56O. The summed E-state index contributed by atoms with van der Waals surface area (Å²) >= 11 is 0. The van der Waals surface area contributed by atoms with E-state index in [-0.39, 0.29) is 0 Å². The molecule has 1 saturated carbocycles. The van der Waals surface area contributed by atoms with Gasteiger partial charge in [-0.2, -0.15) is 0 Å². The van der Waals surface area contributed by atoms with Gasteiger partial charge in [0.25, 0.3) is 0 Å². The zero-order valence-corrected chi connectivity index (χ0v) is 21.1. The van der Waals surface area contributed by atoms with E-state index in [2.05, 4.69) is 34.6 Å². The summed E-state index contributed by atoms with van der Waals surface area (Å²) in [5.41, 5.74) is 0.852. The summed E-state index contributed by atoms with van der Waals surface area (Å²) in [5, 5.41) is 0. The molecule has 1 fully saturated rings. The highest BCUT2D eigenvalue weighted by Crippen LogP contribution is 2.34. The Morgan fingerprint density at radius 1 is 0.586 bits per heavy atom. The lowest BCUT2D eigenvalue weighted by Crippen LogP contribution is -2.26. The van der Waals surface area contributed by atoms with Gasteiger partial charge in [-0.1, -0.05) is 125 Å². The van der Waals surface area contributed by atoms with Crippen LogP contribution >= 0.6 is 0 Å². The van der Waals surface area contributed by atoms with Gasteiger partial charge in [0.05, 0.1) is 12.7 Å². The fourth-order valence-corrected chi connectivity index (χ4v) is 4.91. The van der Waals surface area contributed by atoms with E-state index in [0.29, 0.717) is 16.9 Å². The highest BCUT2D eigenvalue weighted by Gasteiger charge is 2.24. The Morgan fingerprint density at radius 3 is 1.66 bits per heavy atom. The number of hydrogen-bond donors (Lipinski definition) is 0. The third kappa shape index (κ3) is 15.4. The second-order valence-corrected chi connectivity index (χ2v) is 11.7. The minimum Gasteiger partial charge on any atom is -0.378 e. The average Bonchev–Trinajstić information content (AvgIpc) is 2.68. The van der Waals surface area contributed by atoms with Crippen molar-refractivity contribution < 1.29 is 4.74 Å². The van der Waals surface area contributed by atoms with Crippen LogP contribution in [0.4, 0.5) is 0 Å². The molecule has 1 aliphatic carbocycles. The molecule has 0 bridgehead atoms. The Morgan fingerprint density at radius 2 is 1.07 bits per heavy atom. The van der Waals surface area contributed by atoms with Crippen LogP contribution in [0.5, 0.6) is 0 Å². The Labute approximate surface area is 185 Å². The van der Waals surface area contributed by atoms with Crippen LogP contribution in [0.3, 0.4) is 0 Å². The van der Waals surface area contributed by atoms with Gasteiger partial charge in [-0.3, -0.25) is 0 Å². The molecular weight excluding hydrogens is 352 g/mol. The summed E-state index contributed by atoms with van der Waals surface area (Å²) < 4.78 is 6.27. The maximum atomic E-state index is 6.27. The zero-order chi connectivity index (χ0) is 21.4. The molecule has 0 aromatic rings. The lowest BCUT2D eigenvalue weighted by molar-refractivity contribution is -0.0184. The van der Waals surface area contributed by atoms with Crippen LogP contribution in [0, 0.1) is 10.8 Å². The minimum atomic E-state index is 0.338. The lowest BCUT2D eigenvalue weighted by atomic mass is 9.79. The molecule has 1 heteroatoms. The number of hydrogen-bond acceptors (Lipinski definition) is 1. The summed E-state index contributed by atoms with van der Waals surface area (Å²) in [6.07, 6.45) is 27.2. The van der Waals surface area contributed by atoms with Gasteiger partial charge >= 0.3 is 0 Å². The third-order valence-electron chi connectivity index (χ3n) is 7.18. The molecule has 0 unspecified atom stereocenters. The number of unbranched alkanes of at least 4 members (excludes halogenated alkanes) is 9. The number of ether oxygens (including phenoxy) is 1. The van der Waals surface area contributed by atoms with Crippen molar-refractivity contribution in [1.82, 2.24) is 0 Å². The van der Waals surface area contributed by atoms with Crippen LogP contribution in [-0.2, 0) is 4.74 Å². The number of rotatable bonds is 18. The van der Waals surface area contributed by atoms with Crippen LogP contribution in [0.25, 0.3) is 0 Å². The van der Waals surface area contributed by atoms with Gasteiger partial charge in [0.1, 0.15) is 0 Å². The molecule has 0 radical (unpaired) electrons. The van der Waals surface area contributed by atoms with Crippen molar-refractivity contribution in [3.8, 4) is 0 Å². The monoisotopic (exact) mass is 408 g/mol. The summed E-state index contributed by atoms with van der Waals surface area (Å²) in [4.78, 5) is 0. The Balaban J connectivity index is 2.01. The maximum Gasteiger partial charge on any atom is 0.0575 e. The van der Waals surface area contributed by atoms with Crippen molar-refractivity contribution in [2.45, 2.75) is 163 Å². The summed E-state index contributed by atoms with van der Waals surface area (Å²) in [6, 6.07) is 0. The second kappa shape index (κ2) is 15.7. The fourth-order valence-electron chi connectivity index (χ4n) is 4.91. The Kier molecular flexibility index (Phi) is 14.6. The van der Waals surface area contributed by atoms with E-state index >= 15 is 0 Å². The van der Waals surface area contributed by atoms with Crippen LogP contribution in [-0.4, -0.2) is 12.7 Å². The standard InChI is InChI=1S/C28H56O/c1-6-7-8-9-10-11-12-13-14-18-22-27(2,3)23-19-24-28(4,5)25-29-26-20-16-15-17-21-26/h26H,6-25H2,1-5H3. The van der Waals surface area contributed by atoms with Crippen molar-refractivity contribution >= 4 is 0 Å². The third-order valence-corrected chi connectivity index (χ3v) is 7.18. The molecule has 0 N–H and O–H groups in total. The summed E-state index contributed by atoms with van der Waals surface area (Å²) in [5.74, 6) is 0. The van der Waals surface area contributed by atoms with Gasteiger partial charge in [0.15, 0.2) is 0 Å². The first kappa shape index (κ1) is 27.0. The highest BCUT2D eigenvalue weighted by molar-refractivity contribution is 4.75. The van der Waals surface area contributed by atoms with Crippen molar-refractivity contribution in [3.63, 3.8) is 0 Å². The van der Waals surface area contributed by atoms with E-state index in [4.69, 9.17) is 4.74 Å². The van der Waals surface area contributed by atoms with E-state index in [9.17, 15) is 0 Å². The van der Waals surface area contributed by atoms with Gasteiger partial charge in [-0.15, -0.1) is 0 Å². The molecule has 0 saturated heterocycles. The summed E-state index contributed by atoms with van der Waals surface area (Å²) in [7, 11) is 0. The fraction of sp³-hybridized carbons (Fsp3) is 1.00. The molecule has 0 heterocycles. The van der Waals surface area contributed by atoms with Crippen molar-refractivity contribution in [3.05, 3.63) is 0 Å². The Hall–Kier alpha value is -0.0400.